The van der Waals surface area contributed by atoms with Crippen LogP contribution in [0.3, 0.4) is 0 Å². The first-order chi connectivity index (χ1) is 12.8. The van der Waals surface area contributed by atoms with Crippen LogP contribution in [-0.4, -0.2) is 87.5 Å². The van der Waals surface area contributed by atoms with E-state index in [2.05, 4.69) is 12.2 Å². The van der Waals surface area contributed by atoms with Gasteiger partial charge < -0.3 is 40.3 Å². The monoisotopic (exact) mass is 393 g/mol. The van der Waals surface area contributed by atoms with Gasteiger partial charge in [-0.25, -0.2) is 0 Å². The van der Waals surface area contributed by atoms with E-state index in [9.17, 15) is 30.3 Å². The minimum absolute atomic E-state index is 0.149. The number of aliphatic hydroxyl groups excluding tert-OH is 5. The second-order valence-corrected chi connectivity index (χ2v) is 6.97. The maximum absolute atomic E-state index is 11.7. The van der Waals surface area contributed by atoms with Crippen molar-refractivity contribution in [1.82, 2.24) is 5.32 Å². The fourth-order valence-corrected chi connectivity index (χ4v) is 2.94. The molecule has 160 valence electrons. The first-order valence-electron chi connectivity index (χ1n) is 9.75. The van der Waals surface area contributed by atoms with Gasteiger partial charge in [-0.2, -0.15) is 0 Å². The van der Waals surface area contributed by atoms with Crippen LogP contribution >= 0.6 is 0 Å². The smallest absolute Gasteiger partial charge is 0.220 e. The van der Waals surface area contributed by atoms with Crippen LogP contribution in [0.15, 0.2) is 0 Å². The Morgan fingerprint density at radius 1 is 1.11 bits per heavy atom. The van der Waals surface area contributed by atoms with E-state index in [1.54, 1.807) is 6.92 Å². The molecule has 0 aromatic rings. The van der Waals surface area contributed by atoms with Crippen LogP contribution in [0.1, 0.15) is 52.4 Å². The number of ether oxygens (including phenoxy) is 2. The highest BCUT2D eigenvalue weighted by Crippen LogP contribution is 2.22. The lowest BCUT2D eigenvalue weighted by atomic mass is 9.99. The fourth-order valence-electron chi connectivity index (χ4n) is 2.94. The summed E-state index contributed by atoms with van der Waals surface area (Å²) in [6.45, 7) is 3.08. The van der Waals surface area contributed by atoms with Crippen molar-refractivity contribution in [3.63, 3.8) is 0 Å². The van der Waals surface area contributed by atoms with Gasteiger partial charge in [-0.15, -0.1) is 0 Å². The highest BCUT2D eigenvalue weighted by atomic mass is 16.7. The van der Waals surface area contributed by atoms with E-state index in [1.165, 1.54) is 0 Å². The molecule has 0 aromatic carbocycles. The Labute approximate surface area is 160 Å². The lowest BCUT2D eigenvalue weighted by Gasteiger charge is -2.40. The molecule has 1 amide bonds. The topological polar surface area (TPSA) is 149 Å². The van der Waals surface area contributed by atoms with Gasteiger partial charge in [0.1, 0.15) is 24.4 Å². The van der Waals surface area contributed by atoms with E-state index in [0.717, 1.165) is 25.7 Å². The molecule has 0 saturated carbocycles. The van der Waals surface area contributed by atoms with Crippen LogP contribution in [-0.2, 0) is 14.3 Å². The quantitative estimate of drug-likeness (QED) is 0.232. The summed E-state index contributed by atoms with van der Waals surface area (Å²) in [5.74, 6) is -0.245. The first-order valence-corrected chi connectivity index (χ1v) is 9.75. The van der Waals surface area contributed by atoms with Crippen molar-refractivity contribution in [2.24, 2.45) is 0 Å². The van der Waals surface area contributed by atoms with Crippen molar-refractivity contribution in [3.8, 4) is 0 Å². The third-order valence-corrected chi connectivity index (χ3v) is 4.77. The zero-order valence-electron chi connectivity index (χ0n) is 16.2. The average molecular weight is 393 g/mol. The molecule has 27 heavy (non-hydrogen) atoms. The molecule has 0 bridgehead atoms. The molecule has 1 heterocycles. The highest BCUT2D eigenvalue weighted by Gasteiger charge is 2.44. The number of aliphatic hydroxyl groups is 5. The zero-order chi connectivity index (χ0) is 20.4. The molecule has 1 fully saturated rings. The molecule has 6 N–H and O–H groups in total. The molecule has 0 aromatic heterocycles. The van der Waals surface area contributed by atoms with Gasteiger partial charge in [0.15, 0.2) is 6.29 Å². The van der Waals surface area contributed by atoms with Gasteiger partial charge in [0.25, 0.3) is 0 Å². The summed E-state index contributed by atoms with van der Waals surface area (Å²) in [4.78, 5) is 11.7. The summed E-state index contributed by atoms with van der Waals surface area (Å²) < 4.78 is 10.8. The summed E-state index contributed by atoms with van der Waals surface area (Å²) in [6, 6.07) is -0.702. The van der Waals surface area contributed by atoms with Crippen molar-refractivity contribution in [2.75, 3.05) is 13.2 Å². The Balaban J connectivity index is 2.64. The Hall–Kier alpha value is -0.810. The van der Waals surface area contributed by atoms with Gasteiger partial charge in [-0.1, -0.05) is 39.5 Å². The molecule has 1 rings (SSSR count). The maximum atomic E-state index is 11.7. The molecule has 1 aliphatic rings. The number of hydrogen-bond acceptors (Lipinski definition) is 8. The van der Waals surface area contributed by atoms with E-state index in [0.29, 0.717) is 6.42 Å². The van der Waals surface area contributed by atoms with Crippen LogP contribution in [0.5, 0.6) is 0 Å². The number of carbonyl (C=O) groups is 1. The number of rotatable bonds is 12. The van der Waals surface area contributed by atoms with Crippen LogP contribution < -0.4 is 5.32 Å². The van der Waals surface area contributed by atoms with Gasteiger partial charge in [-0.3, -0.25) is 4.79 Å². The molecule has 1 aliphatic heterocycles. The van der Waals surface area contributed by atoms with Crippen LogP contribution in [0.2, 0.25) is 0 Å². The van der Waals surface area contributed by atoms with E-state index in [-0.39, 0.29) is 18.9 Å². The highest BCUT2D eigenvalue weighted by molar-refractivity contribution is 5.75. The zero-order valence-corrected chi connectivity index (χ0v) is 16.2. The minimum atomic E-state index is -1.54. The van der Waals surface area contributed by atoms with E-state index in [1.807, 2.05) is 0 Å². The summed E-state index contributed by atoms with van der Waals surface area (Å²) in [5.41, 5.74) is 0. The van der Waals surface area contributed by atoms with Crippen molar-refractivity contribution in [2.45, 2.75) is 95.2 Å². The second-order valence-electron chi connectivity index (χ2n) is 6.97. The van der Waals surface area contributed by atoms with E-state index < -0.39 is 49.5 Å². The van der Waals surface area contributed by atoms with Crippen LogP contribution in [0, 0.1) is 0 Å². The number of carbonyl (C=O) groups excluding carboxylic acids is 1. The van der Waals surface area contributed by atoms with Crippen LogP contribution in [0.25, 0.3) is 0 Å². The summed E-state index contributed by atoms with van der Waals surface area (Å²) in [5, 5.41) is 51.9. The molecule has 1 saturated heterocycles. The van der Waals surface area contributed by atoms with Crippen molar-refractivity contribution in [3.05, 3.63) is 0 Å². The molecular weight excluding hydrogens is 358 g/mol. The summed E-state index contributed by atoms with van der Waals surface area (Å²) >= 11 is 0. The second kappa shape index (κ2) is 12.6. The van der Waals surface area contributed by atoms with Crippen molar-refractivity contribution in [1.29, 1.82) is 0 Å². The predicted molar refractivity (Wildman–Crippen MR) is 96.7 cm³/mol. The SMILES string of the molecule is CCCCCCC(O)C(COC1OC(CO)C(O)C(O)C1O)NC(=O)CC. The molecule has 0 radical (unpaired) electrons. The Morgan fingerprint density at radius 3 is 2.41 bits per heavy atom. The molecule has 9 nitrogen and oxygen atoms in total. The Bertz CT molecular complexity index is 422. The Kier molecular flexibility index (Phi) is 11.3. The number of hydrogen-bond donors (Lipinski definition) is 6. The van der Waals surface area contributed by atoms with E-state index >= 15 is 0 Å². The first kappa shape index (κ1) is 24.2. The Morgan fingerprint density at radius 2 is 1.81 bits per heavy atom. The largest absolute Gasteiger partial charge is 0.394 e. The number of amides is 1. The molecule has 7 atom stereocenters. The molecule has 0 spiro atoms. The third-order valence-electron chi connectivity index (χ3n) is 4.77. The standard InChI is InChI=1S/C18H35NO8/c1-3-5-6-7-8-12(21)11(19-14(22)4-2)10-26-18-17(25)16(24)15(23)13(9-20)27-18/h11-13,15-18,20-21,23-25H,3-10H2,1-2H3,(H,19,22). The number of unbranched alkanes of at least 4 members (excludes halogenated alkanes) is 3. The van der Waals surface area contributed by atoms with Crippen molar-refractivity contribution >= 4 is 5.91 Å². The van der Waals surface area contributed by atoms with Gasteiger partial charge in [0, 0.05) is 6.42 Å². The third kappa shape index (κ3) is 7.61. The van der Waals surface area contributed by atoms with Gasteiger partial charge in [0.05, 0.1) is 25.4 Å². The van der Waals surface area contributed by atoms with Crippen molar-refractivity contribution < 1.29 is 39.8 Å². The summed E-state index contributed by atoms with van der Waals surface area (Å²) in [7, 11) is 0. The van der Waals surface area contributed by atoms with Gasteiger partial charge in [0.2, 0.25) is 5.91 Å². The maximum Gasteiger partial charge on any atom is 0.220 e. The normalized spacial score (nSPS) is 30.7. The lowest BCUT2D eigenvalue weighted by molar-refractivity contribution is -0.302. The molecule has 9 heteroatoms. The van der Waals surface area contributed by atoms with Crippen LogP contribution in [0.4, 0.5) is 0 Å². The fraction of sp³-hybridized carbons (Fsp3) is 0.944. The van der Waals surface area contributed by atoms with Gasteiger partial charge in [-0.05, 0) is 6.42 Å². The molecular formula is C18H35NO8. The molecule has 0 aliphatic carbocycles. The van der Waals surface area contributed by atoms with Gasteiger partial charge >= 0.3 is 0 Å². The minimum Gasteiger partial charge on any atom is -0.394 e. The summed E-state index contributed by atoms with van der Waals surface area (Å²) in [6.07, 6.45) is -3.05. The average Bonchev–Trinajstić information content (AvgIpc) is 2.67. The predicted octanol–water partition coefficient (Wildman–Crippen LogP) is -0.971. The van der Waals surface area contributed by atoms with E-state index in [4.69, 9.17) is 9.47 Å². The molecule has 7 unspecified atom stereocenters. The lowest BCUT2D eigenvalue weighted by Crippen LogP contribution is -2.60. The number of nitrogens with one attached hydrogen (secondary N) is 1.